The summed E-state index contributed by atoms with van der Waals surface area (Å²) in [5.41, 5.74) is 2.02. The predicted octanol–water partition coefficient (Wildman–Crippen LogP) is 4.79. The smallest absolute Gasteiger partial charge is 0.336 e. The van der Waals surface area contributed by atoms with E-state index in [0.29, 0.717) is 42.8 Å². The van der Waals surface area contributed by atoms with Crippen molar-refractivity contribution in [2.75, 3.05) is 19.7 Å². The Labute approximate surface area is 213 Å². The first kappa shape index (κ1) is 24.3. The second-order valence-electron chi connectivity index (χ2n) is 9.33. The fraction of sp³-hybridized carbons (Fsp3) is 0.233. The molecule has 5 rings (SSSR count). The van der Waals surface area contributed by atoms with E-state index >= 15 is 0 Å². The molecule has 0 bridgehead atoms. The van der Waals surface area contributed by atoms with Gasteiger partial charge in [-0.05, 0) is 48.6 Å². The minimum Gasteiger partial charge on any atom is -0.483 e. The highest BCUT2D eigenvalue weighted by Gasteiger charge is 2.43. The average molecular weight is 498 g/mol. The van der Waals surface area contributed by atoms with Gasteiger partial charge in [0.2, 0.25) is 0 Å². The SMILES string of the molecule is Cc1c(OCC(=O)N2CCC(C(=O)O)(c3ccccc3)CC2)ccc2c(-c3ccccc3)cc(=O)oc12. The summed E-state index contributed by atoms with van der Waals surface area (Å²) in [6.45, 7) is 2.26. The molecule has 1 aliphatic rings. The molecule has 0 aliphatic carbocycles. The maximum absolute atomic E-state index is 12.9. The fourth-order valence-electron chi connectivity index (χ4n) is 5.11. The summed E-state index contributed by atoms with van der Waals surface area (Å²) in [5.74, 6) is -0.633. The first-order valence-corrected chi connectivity index (χ1v) is 12.2. The van der Waals surface area contributed by atoms with Crippen molar-refractivity contribution in [2.45, 2.75) is 25.2 Å². The maximum Gasteiger partial charge on any atom is 0.336 e. The number of aryl methyl sites for hydroxylation is 1. The largest absolute Gasteiger partial charge is 0.483 e. The average Bonchev–Trinajstić information content (AvgIpc) is 2.93. The van der Waals surface area contributed by atoms with Crippen molar-refractivity contribution in [2.24, 2.45) is 0 Å². The van der Waals surface area contributed by atoms with E-state index in [9.17, 15) is 19.5 Å². The molecule has 188 valence electrons. The van der Waals surface area contributed by atoms with Gasteiger partial charge in [-0.2, -0.15) is 0 Å². The molecular weight excluding hydrogens is 470 g/mol. The predicted molar refractivity (Wildman–Crippen MR) is 140 cm³/mol. The molecule has 7 nitrogen and oxygen atoms in total. The van der Waals surface area contributed by atoms with Crippen LogP contribution in [0.3, 0.4) is 0 Å². The van der Waals surface area contributed by atoms with Crippen LogP contribution in [0.1, 0.15) is 24.0 Å². The van der Waals surface area contributed by atoms with E-state index in [1.165, 1.54) is 6.07 Å². The number of amides is 1. The minimum atomic E-state index is -0.998. The number of hydrogen-bond donors (Lipinski definition) is 1. The number of carboxylic acid groups (broad SMARTS) is 1. The van der Waals surface area contributed by atoms with Crippen molar-refractivity contribution in [1.82, 2.24) is 4.90 Å². The number of benzene rings is 3. The number of aliphatic carboxylic acids is 1. The number of fused-ring (bicyclic) bond motifs is 1. The van der Waals surface area contributed by atoms with E-state index in [4.69, 9.17) is 9.15 Å². The Kier molecular flexibility index (Phi) is 6.53. The van der Waals surface area contributed by atoms with E-state index in [-0.39, 0.29) is 12.5 Å². The van der Waals surface area contributed by atoms with Crippen molar-refractivity contribution < 1.29 is 23.8 Å². The molecule has 1 saturated heterocycles. The normalized spacial score (nSPS) is 14.9. The number of piperidine rings is 1. The van der Waals surface area contributed by atoms with Crippen molar-refractivity contribution in [1.29, 1.82) is 0 Å². The van der Waals surface area contributed by atoms with E-state index in [2.05, 4.69) is 0 Å². The van der Waals surface area contributed by atoms with Crippen molar-refractivity contribution >= 4 is 22.8 Å². The van der Waals surface area contributed by atoms with Crippen LogP contribution in [0.5, 0.6) is 5.75 Å². The number of hydrogen-bond acceptors (Lipinski definition) is 5. The number of nitrogens with zero attached hydrogens (tertiary/aromatic N) is 1. The molecule has 1 aliphatic heterocycles. The van der Waals surface area contributed by atoms with Crippen LogP contribution >= 0.6 is 0 Å². The monoisotopic (exact) mass is 497 g/mol. The van der Waals surface area contributed by atoms with Crippen LogP contribution in [0, 0.1) is 6.92 Å². The maximum atomic E-state index is 12.9. The van der Waals surface area contributed by atoms with Crippen LogP contribution in [0.4, 0.5) is 0 Å². The molecule has 0 saturated carbocycles. The molecular formula is C30H27NO6. The lowest BCUT2D eigenvalue weighted by Gasteiger charge is -2.39. The second-order valence-corrected chi connectivity index (χ2v) is 9.33. The van der Waals surface area contributed by atoms with Crippen LogP contribution in [0.15, 0.2) is 88.1 Å². The van der Waals surface area contributed by atoms with Gasteiger partial charge in [0, 0.05) is 30.1 Å². The first-order valence-electron chi connectivity index (χ1n) is 12.2. The molecule has 1 fully saturated rings. The molecule has 0 radical (unpaired) electrons. The van der Waals surface area contributed by atoms with Gasteiger partial charge in [0.1, 0.15) is 11.3 Å². The summed E-state index contributed by atoms with van der Waals surface area (Å²) in [7, 11) is 0. The Bertz CT molecular complexity index is 1500. The first-order chi connectivity index (χ1) is 17.9. The number of ether oxygens (including phenoxy) is 1. The second kappa shape index (κ2) is 9.93. The molecule has 1 N–H and O–H groups in total. The number of carbonyl (C=O) groups excluding carboxylic acids is 1. The Morgan fingerprint density at radius 2 is 1.62 bits per heavy atom. The molecule has 37 heavy (non-hydrogen) atoms. The Hall–Kier alpha value is -4.39. The van der Waals surface area contributed by atoms with Crippen molar-refractivity contribution in [3.63, 3.8) is 0 Å². The molecule has 3 aromatic carbocycles. The number of rotatable bonds is 6. The number of carbonyl (C=O) groups is 2. The summed E-state index contributed by atoms with van der Waals surface area (Å²) in [6.07, 6.45) is 0.668. The number of carboxylic acids is 1. The summed E-state index contributed by atoms with van der Waals surface area (Å²) < 4.78 is 11.4. The highest BCUT2D eigenvalue weighted by molar-refractivity contribution is 5.95. The Morgan fingerprint density at radius 1 is 0.973 bits per heavy atom. The lowest BCUT2D eigenvalue weighted by Crippen LogP contribution is -2.50. The van der Waals surface area contributed by atoms with E-state index in [1.807, 2.05) is 66.7 Å². The van der Waals surface area contributed by atoms with Crippen LogP contribution in [-0.4, -0.2) is 41.6 Å². The van der Waals surface area contributed by atoms with Crippen LogP contribution in [0.2, 0.25) is 0 Å². The van der Waals surface area contributed by atoms with Crippen LogP contribution in [-0.2, 0) is 15.0 Å². The molecule has 0 atom stereocenters. The zero-order valence-electron chi connectivity index (χ0n) is 20.5. The third-order valence-electron chi connectivity index (χ3n) is 7.25. The number of likely N-dealkylation sites (tertiary alicyclic amines) is 1. The lowest BCUT2D eigenvalue weighted by molar-refractivity contribution is -0.148. The van der Waals surface area contributed by atoms with Crippen LogP contribution < -0.4 is 10.4 Å². The quantitative estimate of drug-likeness (QED) is 0.385. The zero-order chi connectivity index (χ0) is 26.0. The summed E-state index contributed by atoms with van der Waals surface area (Å²) >= 11 is 0. The van der Waals surface area contributed by atoms with Gasteiger partial charge in [-0.25, -0.2) is 4.79 Å². The highest BCUT2D eigenvalue weighted by Crippen LogP contribution is 2.36. The Balaban J connectivity index is 1.31. The summed E-state index contributed by atoms with van der Waals surface area (Å²) in [6, 6.07) is 23.9. The van der Waals surface area contributed by atoms with Crippen LogP contribution in [0.25, 0.3) is 22.1 Å². The van der Waals surface area contributed by atoms with Gasteiger partial charge in [0.05, 0.1) is 5.41 Å². The summed E-state index contributed by atoms with van der Waals surface area (Å²) in [5, 5.41) is 10.8. The fourth-order valence-corrected chi connectivity index (χ4v) is 5.11. The topological polar surface area (TPSA) is 97.0 Å². The molecule has 0 spiro atoms. The standard InChI is InChI=1S/C30H27NO6/c1-20-25(13-12-23-24(18-27(33)37-28(20)23)21-8-4-2-5-9-21)36-19-26(32)31-16-14-30(15-17-31,29(34)35)22-10-6-3-7-11-22/h2-13,18H,14-17,19H2,1H3,(H,34,35). The van der Waals surface area contributed by atoms with E-state index < -0.39 is 17.0 Å². The molecule has 2 heterocycles. The Morgan fingerprint density at radius 3 is 2.27 bits per heavy atom. The van der Waals surface area contributed by atoms with E-state index in [1.54, 1.807) is 17.9 Å². The molecule has 0 unspecified atom stereocenters. The third-order valence-corrected chi connectivity index (χ3v) is 7.25. The molecule has 1 aromatic heterocycles. The van der Waals surface area contributed by atoms with Crippen molar-refractivity contribution in [3.8, 4) is 16.9 Å². The van der Waals surface area contributed by atoms with Crippen molar-refractivity contribution in [3.05, 3.63) is 100 Å². The lowest BCUT2D eigenvalue weighted by atomic mass is 9.73. The highest BCUT2D eigenvalue weighted by atomic mass is 16.5. The van der Waals surface area contributed by atoms with Gasteiger partial charge in [-0.15, -0.1) is 0 Å². The van der Waals surface area contributed by atoms with Gasteiger partial charge in [-0.1, -0.05) is 60.7 Å². The molecule has 1 amide bonds. The molecule has 7 heteroatoms. The molecule has 4 aromatic rings. The van der Waals surface area contributed by atoms with Gasteiger partial charge in [0.15, 0.2) is 6.61 Å². The van der Waals surface area contributed by atoms with Gasteiger partial charge in [-0.3, -0.25) is 9.59 Å². The van der Waals surface area contributed by atoms with Gasteiger partial charge < -0.3 is 19.2 Å². The zero-order valence-corrected chi connectivity index (χ0v) is 20.5. The van der Waals surface area contributed by atoms with Gasteiger partial charge in [0.25, 0.3) is 5.91 Å². The third kappa shape index (κ3) is 4.60. The minimum absolute atomic E-state index is 0.194. The van der Waals surface area contributed by atoms with Gasteiger partial charge >= 0.3 is 11.6 Å². The summed E-state index contributed by atoms with van der Waals surface area (Å²) in [4.78, 5) is 39.1. The van der Waals surface area contributed by atoms with E-state index in [0.717, 1.165) is 22.1 Å².